The first-order chi connectivity index (χ1) is 14.1. The summed E-state index contributed by atoms with van der Waals surface area (Å²) in [5.74, 6) is 0. The van der Waals surface area contributed by atoms with Crippen molar-refractivity contribution in [2.24, 2.45) is 0 Å². The standard InChI is InChI=1S/C27H25NSi/c1-28-24-16-14-22(20-10-6-4-7-11-20)18-26(24)29(2,3)27-19-23(15-17-25(27)28)21-12-8-5-9-13-21/h4-19H,1-3H3. The van der Waals surface area contributed by atoms with Gasteiger partial charge in [0.05, 0.1) is 0 Å². The van der Waals surface area contributed by atoms with Gasteiger partial charge in [0.1, 0.15) is 8.07 Å². The first-order valence-electron chi connectivity index (χ1n) is 10.2. The highest BCUT2D eigenvalue weighted by atomic mass is 28.3. The van der Waals surface area contributed by atoms with Crippen LogP contribution in [0.4, 0.5) is 11.4 Å². The van der Waals surface area contributed by atoms with E-state index in [2.05, 4.69) is 122 Å². The lowest BCUT2D eigenvalue weighted by Crippen LogP contribution is -2.58. The van der Waals surface area contributed by atoms with Crippen molar-refractivity contribution in [3.63, 3.8) is 0 Å². The van der Waals surface area contributed by atoms with Crippen molar-refractivity contribution < 1.29 is 0 Å². The largest absolute Gasteiger partial charge is 0.345 e. The molecule has 2 heteroatoms. The fraction of sp³-hybridized carbons (Fsp3) is 0.111. The van der Waals surface area contributed by atoms with Crippen LogP contribution in [0, 0.1) is 0 Å². The average Bonchev–Trinajstić information content (AvgIpc) is 2.78. The van der Waals surface area contributed by atoms with Gasteiger partial charge in [-0.25, -0.2) is 0 Å². The number of anilines is 2. The molecule has 142 valence electrons. The van der Waals surface area contributed by atoms with E-state index < -0.39 is 8.07 Å². The number of rotatable bonds is 2. The molecule has 0 N–H and O–H groups in total. The van der Waals surface area contributed by atoms with Crippen LogP contribution >= 0.6 is 0 Å². The van der Waals surface area contributed by atoms with Crippen LogP contribution < -0.4 is 15.3 Å². The Morgan fingerprint density at radius 3 is 1.34 bits per heavy atom. The molecule has 1 heterocycles. The quantitative estimate of drug-likeness (QED) is 0.383. The molecule has 5 rings (SSSR count). The average molecular weight is 392 g/mol. The zero-order valence-corrected chi connectivity index (χ0v) is 18.2. The first-order valence-corrected chi connectivity index (χ1v) is 13.2. The first kappa shape index (κ1) is 18.0. The molecule has 29 heavy (non-hydrogen) atoms. The van der Waals surface area contributed by atoms with Crippen LogP contribution in [0.25, 0.3) is 22.3 Å². The van der Waals surface area contributed by atoms with E-state index in [1.165, 1.54) is 44.0 Å². The van der Waals surface area contributed by atoms with E-state index in [1.807, 2.05) is 0 Å². The van der Waals surface area contributed by atoms with Gasteiger partial charge in [0.2, 0.25) is 0 Å². The van der Waals surface area contributed by atoms with Gasteiger partial charge >= 0.3 is 0 Å². The van der Waals surface area contributed by atoms with Crippen LogP contribution in [0.5, 0.6) is 0 Å². The molecule has 0 aliphatic carbocycles. The van der Waals surface area contributed by atoms with Crippen LogP contribution in [0.15, 0.2) is 97.1 Å². The van der Waals surface area contributed by atoms with Crippen molar-refractivity contribution in [3.8, 4) is 22.3 Å². The van der Waals surface area contributed by atoms with Gasteiger partial charge in [-0.2, -0.15) is 0 Å². The zero-order chi connectivity index (χ0) is 20.0. The summed E-state index contributed by atoms with van der Waals surface area (Å²) in [5, 5.41) is 3.03. The molecule has 0 radical (unpaired) electrons. The third kappa shape index (κ3) is 2.92. The molecule has 0 amide bonds. The number of hydrogen-bond donors (Lipinski definition) is 0. The fourth-order valence-corrected chi connectivity index (χ4v) is 7.66. The van der Waals surface area contributed by atoms with Crippen molar-refractivity contribution >= 4 is 29.8 Å². The fourth-order valence-electron chi connectivity index (χ4n) is 4.55. The summed E-state index contributed by atoms with van der Waals surface area (Å²) >= 11 is 0. The molecule has 1 nitrogen and oxygen atoms in total. The summed E-state index contributed by atoms with van der Waals surface area (Å²) in [7, 11) is 0.356. The molecule has 4 aromatic carbocycles. The van der Waals surface area contributed by atoms with Crippen LogP contribution in [0.2, 0.25) is 13.1 Å². The summed E-state index contributed by atoms with van der Waals surface area (Å²) in [6.45, 7) is 4.97. The second-order valence-corrected chi connectivity index (χ2v) is 12.7. The van der Waals surface area contributed by atoms with Crippen LogP contribution in [0.3, 0.4) is 0 Å². The zero-order valence-electron chi connectivity index (χ0n) is 17.2. The van der Waals surface area contributed by atoms with Gasteiger partial charge in [-0.05, 0) is 44.8 Å². The highest BCUT2D eigenvalue weighted by Gasteiger charge is 2.37. The van der Waals surface area contributed by atoms with E-state index in [9.17, 15) is 0 Å². The Hall–Kier alpha value is -3.10. The molecule has 0 bridgehead atoms. The van der Waals surface area contributed by atoms with Gasteiger partial charge in [-0.3, -0.25) is 0 Å². The molecule has 1 aliphatic heterocycles. The highest BCUT2D eigenvalue weighted by molar-refractivity contribution is 7.02. The smallest absolute Gasteiger partial charge is 0.117 e. The molecule has 1 aliphatic rings. The van der Waals surface area contributed by atoms with E-state index >= 15 is 0 Å². The maximum Gasteiger partial charge on any atom is 0.117 e. The van der Waals surface area contributed by atoms with Crippen LogP contribution in [-0.2, 0) is 0 Å². The summed E-state index contributed by atoms with van der Waals surface area (Å²) in [6.07, 6.45) is 0. The lowest BCUT2D eigenvalue weighted by atomic mass is 10.0. The predicted octanol–water partition coefficient (Wildman–Crippen LogP) is 5.92. The Kier molecular flexibility index (Phi) is 4.18. The Balaban J connectivity index is 1.67. The molecule has 4 aromatic rings. The Morgan fingerprint density at radius 2 is 0.931 bits per heavy atom. The second kappa shape index (κ2) is 6.75. The van der Waals surface area contributed by atoms with Gasteiger partial charge in [0.15, 0.2) is 0 Å². The number of nitrogens with zero attached hydrogens (tertiary/aromatic N) is 1. The minimum absolute atomic E-state index is 1.28. The lowest BCUT2D eigenvalue weighted by Gasteiger charge is -2.39. The molecular formula is C27H25NSi. The molecule has 0 saturated heterocycles. The molecule has 0 aromatic heterocycles. The van der Waals surface area contributed by atoms with Crippen molar-refractivity contribution in [3.05, 3.63) is 97.1 Å². The SMILES string of the molecule is CN1c2ccc(-c3ccccc3)cc2[Si](C)(C)c2cc(-c3ccccc3)ccc21. The van der Waals surface area contributed by atoms with Crippen LogP contribution in [-0.4, -0.2) is 15.1 Å². The molecular weight excluding hydrogens is 366 g/mol. The van der Waals surface area contributed by atoms with E-state index in [0.29, 0.717) is 0 Å². The topological polar surface area (TPSA) is 3.24 Å². The third-order valence-electron chi connectivity index (χ3n) is 6.28. The molecule has 0 atom stereocenters. The third-order valence-corrected chi connectivity index (χ3v) is 9.77. The normalized spacial score (nSPS) is 14.2. The summed E-state index contributed by atoms with van der Waals surface area (Å²) < 4.78 is 0. The maximum atomic E-state index is 2.49. The summed E-state index contributed by atoms with van der Waals surface area (Å²) in [4.78, 5) is 2.37. The van der Waals surface area contributed by atoms with E-state index in [4.69, 9.17) is 0 Å². The number of hydrogen-bond acceptors (Lipinski definition) is 1. The minimum atomic E-state index is -1.84. The minimum Gasteiger partial charge on any atom is -0.345 e. The van der Waals surface area contributed by atoms with Gasteiger partial charge in [-0.1, -0.05) is 98.0 Å². The maximum absolute atomic E-state index is 2.49. The second-order valence-electron chi connectivity index (χ2n) is 8.38. The van der Waals surface area contributed by atoms with Gasteiger partial charge < -0.3 is 4.90 Å². The van der Waals surface area contributed by atoms with Gasteiger partial charge in [-0.15, -0.1) is 0 Å². The number of fused-ring (bicyclic) bond motifs is 2. The van der Waals surface area contributed by atoms with Crippen molar-refractivity contribution in [1.82, 2.24) is 0 Å². The van der Waals surface area contributed by atoms with Crippen LogP contribution in [0.1, 0.15) is 0 Å². The molecule has 0 saturated carbocycles. The Morgan fingerprint density at radius 1 is 0.517 bits per heavy atom. The van der Waals surface area contributed by atoms with Crippen molar-refractivity contribution in [2.75, 3.05) is 11.9 Å². The summed E-state index contributed by atoms with van der Waals surface area (Å²) in [5.41, 5.74) is 7.88. The van der Waals surface area contributed by atoms with Gasteiger partial charge in [0.25, 0.3) is 0 Å². The lowest BCUT2D eigenvalue weighted by molar-refractivity contribution is 1.21. The summed E-state index contributed by atoms with van der Waals surface area (Å²) in [6, 6.07) is 35.4. The highest BCUT2D eigenvalue weighted by Crippen LogP contribution is 2.34. The predicted molar refractivity (Wildman–Crippen MR) is 129 cm³/mol. The number of benzene rings is 4. The Bertz CT molecular complexity index is 1090. The van der Waals surface area contributed by atoms with E-state index in [1.54, 1.807) is 0 Å². The monoisotopic (exact) mass is 391 g/mol. The molecule has 0 spiro atoms. The van der Waals surface area contributed by atoms with E-state index in [0.717, 1.165) is 0 Å². The van der Waals surface area contributed by atoms with Crippen molar-refractivity contribution in [2.45, 2.75) is 13.1 Å². The molecule has 0 fully saturated rings. The van der Waals surface area contributed by atoms with E-state index in [-0.39, 0.29) is 0 Å². The van der Waals surface area contributed by atoms with Crippen molar-refractivity contribution in [1.29, 1.82) is 0 Å². The molecule has 0 unspecified atom stereocenters. The Labute approximate surface area is 174 Å². The van der Waals surface area contributed by atoms with Gasteiger partial charge in [0, 0.05) is 18.4 Å².